The highest BCUT2D eigenvalue weighted by molar-refractivity contribution is 7.88. The highest BCUT2D eigenvalue weighted by Gasteiger charge is 2.32. The van der Waals surface area contributed by atoms with Gasteiger partial charge in [0, 0.05) is 24.7 Å². The highest BCUT2D eigenvalue weighted by Crippen LogP contribution is 2.27. The van der Waals surface area contributed by atoms with Crippen LogP contribution in [0, 0.1) is 5.92 Å². The fourth-order valence-corrected chi connectivity index (χ4v) is 5.18. The first-order chi connectivity index (χ1) is 14.9. The molecule has 1 aliphatic rings. The van der Waals surface area contributed by atoms with E-state index in [-0.39, 0.29) is 29.8 Å². The van der Waals surface area contributed by atoms with Crippen molar-refractivity contribution >= 4 is 44.8 Å². The van der Waals surface area contributed by atoms with Gasteiger partial charge in [-0.3, -0.25) is 4.79 Å². The fourth-order valence-electron chi connectivity index (χ4n) is 3.31. The van der Waals surface area contributed by atoms with Crippen molar-refractivity contribution in [3.05, 3.63) is 58.1 Å². The lowest BCUT2D eigenvalue weighted by Crippen LogP contribution is -2.41. The number of anilines is 1. The van der Waals surface area contributed by atoms with Crippen molar-refractivity contribution in [2.75, 3.05) is 18.4 Å². The van der Waals surface area contributed by atoms with Gasteiger partial charge in [0.1, 0.15) is 5.75 Å². The molecule has 0 saturated carbocycles. The molecular weight excluding hydrogens is 492 g/mol. The Balaban J connectivity index is 1.53. The van der Waals surface area contributed by atoms with Gasteiger partial charge >= 0.3 is 6.36 Å². The van der Waals surface area contributed by atoms with Crippen LogP contribution in [-0.4, -0.2) is 38.1 Å². The number of carbonyl (C=O) groups is 1. The van der Waals surface area contributed by atoms with Crippen LogP contribution in [0.5, 0.6) is 5.75 Å². The smallest absolute Gasteiger partial charge is 0.406 e. The minimum atomic E-state index is -4.79. The van der Waals surface area contributed by atoms with Gasteiger partial charge in [-0.15, -0.1) is 13.2 Å². The van der Waals surface area contributed by atoms with Crippen molar-refractivity contribution in [2.24, 2.45) is 5.92 Å². The second kappa shape index (κ2) is 9.86. The summed E-state index contributed by atoms with van der Waals surface area (Å²) in [4.78, 5) is 12.5. The van der Waals surface area contributed by atoms with Gasteiger partial charge in [0.15, 0.2) is 0 Å². The molecule has 12 heteroatoms. The van der Waals surface area contributed by atoms with E-state index in [2.05, 4.69) is 10.1 Å². The van der Waals surface area contributed by atoms with Crippen molar-refractivity contribution in [2.45, 2.75) is 25.0 Å². The maximum atomic E-state index is 12.7. The van der Waals surface area contributed by atoms with E-state index < -0.39 is 28.1 Å². The second-order valence-corrected chi connectivity index (χ2v) is 10.0. The maximum Gasteiger partial charge on any atom is 0.573 e. The molecule has 1 heterocycles. The van der Waals surface area contributed by atoms with Gasteiger partial charge in [-0.05, 0) is 54.8 Å². The molecule has 0 aliphatic carbocycles. The summed E-state index contributed by atoms with van der Waals surface area (Å²) in [6.07, 6.45) is -4.15. The number of amides is 1. The van der Waals surface area contributed by atoms with Gasteiger partial charge in [-0.2, -0.15) is 0 Å². The molecule has 32 heavy (non-hydrogen) atoms. The largest absolute Gasteiger partial charge is 0.573 e. The molecule has 0 spiro atoms. The molecule has 1 aliphatic heterocycles. The number of rotatable bonds is 6. The molecule has 2 aromatic carbocycles. The fraction of sp³-hybridized carbons (Fsp3) is 0.350. The van der Waals surface area contributed by atoms with Crippen LogP contribution in [0.15, 0.2) is 42.5 Å². The van der Waals surface area contributed by atoms with Crippen LogP contribution in [0.25, 0.3) is 0 Å². The molecule has 1 amide bonds. The molecule has 0 atom stereocenters. The third-order valence-electron chi connectivity index (χ3n) is 4.91. The summed E-state index contributed by atoms with van der Waals surface area (Å²) in [5.74, 6) is -1.36. The van der Waals surface area contributed by atoms with Gasteiger partial charge in [-0.25, -0.2) is 12.7 Å². The predicted octanol–water partition coefficient (Wildman–Crippen LogP) is 5.07. The van der Waals surface area contributed by atoms with E-state index in [1.165, 1.54) is 28.6 Å². The molecule has 0 radical (unpaired) electrons. The standard InChI is InChI=1S/C20H19Cl2F3N2O4S/c21-17-6-1-13(11-18(17)22)12-32(29,30)27-9-7-14(8-10-27)19(28)26-15-2-4-16(5-3-15)31-20(23,24)25/h1-6,11,14H,7-10,12H2,(H,26,28). The van der Waals surface area contributed by atoms with E-state index in [4.69, 9.17) is 23.2 Å². The molecule has 1 fully saturated rings. The molecule has 1 saturated heterocycles. The van der Waals surface area contributed by atoms with Crippen molar-refractivity contribution in [1.82, 2.24) is 4.31 Å². The molecule has 3 rings (SSSR count). The SMILES string of the molecule is O=C(Nc1ccc(OC(F)(F)F)cc1)C1CCN(S(=O)(=O)Cc2ccc(Cl)c(Cl)c2)CC1. The molecule has 1 N–H and O–H groups in total. The quantitative estimate of drug-likeness (QED) is 0.588. The third-order valence-corrected chi connectivity index (χ3v) is 7.50. The Labute approximate surface area is 193 Å². The van der Waals surface area contributed by atoms with E-state index >= 15 is 0 Å². The summed E-state index contributed by atoms with van der Waals surface area (Å²) in [7, 11) is -3.60. The molecule has 0 unspecified atom stereocenters. The molecule has 6 nitrogen and oxygen atoms in total. The van der Waals surface area contributed by atoms with Crippen LogP contribution in [-0.2, 0) is 20.6 Å². The minimum absolute atomic E-state index is 0.181. The van der Waals surface area contributed by atoms with Crippen molar-refractivity contribution in [1.29, 1.82) is 0 Å². The zero-order valence-electron chi connectivity index (χ0n) is 16.5. The van der Waals surface area contributed by atoms with E-state index in [0.29, 0.717) is 29.1 Å². The predicted molar refractivity (Wildman–Crippen MR) is 115 cm³/mol. The third kappa shape index (κ3) is 6.74. The summed E-state index contributed by atoms with van der Waals surface area (Å²) in [5, 5.41) is 3.24. The summed E-state index contributed by atoms with van der Waals surface area (Å²) < 4.78 is 67.2. The van der Waals surface area contributed by atoms with Crippen molar-refractivity contribution in [3.63, 3.8) is 0 Å². The topological polar surface area (TPSA) is 75.7 Å². The first kappa shape index (κ1) is 24.6. The van der Waals surface area contributed by atoms with Gasteiger partial charge in [0.05, 0.1) is 15.8 Å². The number of alkyl halides is 3. The molecule has 2 aromatic rings. The lowest BCUT2D eigenvalue weighted by Gasteiger charge is -2.30. The monoisotopic (exact) mass is 510 g/mol. The average Bonchev–Trinajstić information content (AvgIpc) is 2.71. The van der Waals surface area contributed by atoms with Gasteiger partial charge in [0.25, 0.3) is 0 Å². The highest BCUT2D eigenvalue weighted by atomic mass is 35.5. The number of ether oxygens (including phenoxy) is 1. The first-order valence-corrected chi connectivity index (χ1v) is 11.9. The van der Waals surface area contributed by atoms with Crippen LogP contribution < -0.4 is 10.1 Å². The summed E-state index contributed by atoms with van der Waals surface area (Å²) in [5.41, 5.74) is 0.830. The zero-order chi connectivity index (χ0) is 23.5. The maximum absolute atomic E-state index is 12.7. The van der Waals surface area contributed by atoms with Crippen LogP contribution in [0.1, 0.15) is 18.4 Å². The number of piperidine rings is 1. The molecule has 0 aromatic heterocycles. The minimum Gasteiger partial charge on any atom is -0.406 e. The Bertz CT molecular complexity index is 1070. The van der Waals surface area contributed by atoms with Crippen LogP contribution in [0.4, 0.5) is 18.9 Å². The number of halogens is 5. The summed E-state index contributed by atoms with van der Waals surface area (Å²) >= 11 is 11.8. The Morgan fingerprint density at radius 1 is 1.06 bits per heavy atom. The number of nitrogens with zero attached hydrogens (tertiary/aromatic N) is 1. The first-order valence-electron chi connectivity index (χ1n) is 9.51. The average molecular weight is 511 g/mol. The van der Waals surface area contributed by atoms with E-state index in [1.807, 2.05) is 0 Å². The Morgan fingerprint density at radius 3 is 2.25 bits per heavy atom. The zero-order valence-corrected chi connectivity index (χ0v) is 18.9. The number of carbonyl (C=O) groups excluding carboxylic acids is 1. The molecule has 174 valence electrons. The Hall–Kier alpha value is -2.01. The lowest BCUT2D eigenvalue weighted by atomic mass is 9.97. The lowest BCUT2D eigenvalue weighted by molar-refractivity contribution is -0.274. The Morgan fingerprint density at radius 2 is 1.69 bits per heavy atom. The number of hydrogen-bond donors (Lipinski definition) is 1. The number of nitrogens with one attached hydrogen (secondary N) is 1. The van der Waals surface area contributed by atoms with E-state index in [9.17, 15) is 26.4 Å². The van der Waals surface area contributed by atoms with Crippen molar-refractivity contribution in [3.8, 4) is 5.75 Å². The second-order valence-electron chi connectivity index (χ2n) is 7.24. The number of benzene rings is 2. The van der Waals surface area contributed by atoms with Crippen LogP contribution in [0.2, 0.25) is 10.0 Å². The van der Waals surface area contributed by atoms with Gasteiger partial charge < -0.3 is 10.1 Å². The number of sulfonamides is 1. The van der Waals surface area contributed by atoms with Crippen LogP contribution in [0.3, 0.4) is 0 Å². The molecular formula is C20H19Cl2F3N2O4S. The molecule has 0 bridgehead atoms. The number of hydrogen-bond acceptors (Lipinski definition) is 4. The van der Waals surface area contributed by atoms with E-state index in [0.717, 1.165) is 12.1 Å². The Kier molecular flexibility index (Phi) is 7.59. The van der Waals surface area contributed by atoms with Crippen LogP contribution >= 0.6 is 23.2 Å². The summed E-state index contributed by atoms with van der Waals surface area (Å²) in [6.45, 7) is 0.361. The van der Waals surface area contributed by atoms with E-state index in [1.54, 1.807) is 6.07 Å². The summed E-state index contributed by atoms with van der Waals surface area (Å²) in [6, 6.07) is 9.44. The van der Waals surface area contributed by atoms with Crippen molar-refractivity contribution < 1.29 is 31.1 Å². The van der Waals surface area contributed by atoms with Gasteiger partial charge in [-0.1, -0.05) is 29.3 Å². The normalized spacial score (nSPS) is 16.0. The van der Waals surface area contributed by atoms with Gasteiger partial charge in [0.2, 0.25) is 15.9 Å².